The van der Waals surface area contributed by atoms with E-state index in [0.717, 1.165) is 22.9 Å². The average molecular weight is 178 g/mol. The van der Waals surface area contributed by atoms with Crippen LogP contribution in [0.2, 0.25) is 0 Å². The second-order valence-corrected chi connectivity index (χ2v) is 1.84. The molecule has 0 spiro atoms. The van der Waals surface area contributed by atoms with Gasteiger partial charge in [0.1, 0.15) is 0 Å². The zero-order valence-corrected chi connectivity index (χ0v) is 6.34. The molecule has 0 fully saturated rings. The van der Waals surface area contributed by atoms with Gasteiger partial charge in [-0.15, -0.1) is 0 Å². The molecule has 0 saturated heterocycles. The molecule has 0 amide bonds. The monoisotopic (exact) mass is 179 g/mol. The number of hydrogen-bond acceptors (Lipinski definition) is 1. The van der Waals surface area contributed by atoms with Gasteiger partial charge in [-0.2, -0.15) is 0 Å². The van der Waals surface area contributed by atoms with Gasteiger partial charge in [-0.1, -0.05) is 0 Å². The summed E-state index contributed by atoms with van der Waals surface area (Å²) in [5, 5.41) is 0. The molecule has 2 radical (unpaired) electrons. The zero-order valence-electron chi connectivity index (χ0n) is 3.49. The Morgan fingerprint density at radius 2 is 1.80 bits per heavy atom. The van der Waals surface area contributed by atoms with Gasteiger partial charge < -0.3 is 0 Å². The molecule has 0 N–H and O–H groups in total. The molecule has 0 atom stereocenters. The predicted octanol–water partition coefficient (Wildman–Crippen LogP) is 0.495. The maximum atomic E-state index is 4.84. The van der Waals surface area contributed by atoms with E-state index in [0.29, 0.717) is 6.10 Å². The molecule has 2 heteroatoms. The molecule has 5 heavy (non-hydrogen) atoms. The molecular formula is C3H7OSn+. The fourth-order valence-electron chi connectivity index (χ4n) is 0. The first kappa shape index (κ1) is 5.76. The normalized spacial score (nSPS) is 9.40. The Hall–Kier alpha value is 0.759. The summed E-state index contributed by atoms with van der Waals surface area (Å²) in [6.45, 7) is 4.04. The summed E-state index contributed by atoms with van der Waals surface area (Å²) in [5.41, 5.74) is 0. The fourth-order valence-corrected chi connectivity index (χ4v) is 0. The van der Waals surface area contributed by atoms with Crippen LogP contribution in [-0.4, -0.2) is 29.0 Å². The van der Waals surface area contributed by atoms with Gasteiger partial charge >= 0.3 is 46.0 Å². The quantitative estimate of drug-likeness (QED) is 0.531. The molecule has 0 aromatic carbocycles. The Bertz CT molecular complexity index is 20.9. The van der Waals surface area contributed by atoms with Crippen LogP contribution in [0.1, 0.15) is 13.8 Å². The SMILES string of the molecule is CC(C)[O][Sn+]. The van der Waals surface area contributed by atoms with Crippen LogP contribution in [0.3, 0.4) is 0 Å². The summed E-state index contributed by atoms with van der Waals surface area (Å²) in [7, 11) is 0. The van der Waals surface area contributed by atoms with Crippen molar-refractivity contribution in [3.8, 4) is 0 Å². The van der Waals surface area contributed by atoms with Gasteiger partial charge in [0.2, 0.25) is 0 Å². The summed E-state index contributed by atoms with van der Waals surface area (Å²) in [6.07, 6.45) is 0.424. The van der Waals surface area contributed by atoms with Crippen LogP contribution in [0.15, 0.2) is 0 Å². The van der Waals surface area contributed by atoms with Crippen molar-refractivity contribution in [1.82, 2.24) is 0 Å². The van der Waals surface area contributed by atoms with Crippen LogP contribution in [-0.2, 0) is 3.07 Å². The molecule has 0 bridgehead atoms. The van der Waals surface area contributed by atoms with Gasteiger partial charge in [-0.05, 0) is 0 Å². The third-order valence-electron chi connectivity index (χ3n) is 0.236. The Labute approximate surface area is 46.3 Å². The first-order chi connectivity index (χ1) is 2.27. The summed E-state index contributed by atoms with van der Waals surface area (Å²) in [6, 6.07) is 0. The van der Waals surface area contributed by atoms with Crippen LogP contribution < -0.4 is 0 Å². The molecule has 0 aliphatic rings. The summed E-state index contributed by atoms with van der Waals surface area (Å²) in [5.74, 6) is 0. The van der Waals surface area contributed by atoms with Crippen molar-refractivity contribution < 1.29 is 3.07 Å². The van der Waals surface area contributed by atoms with Crippen molar-refractivity contribution in [1.29, 1.82) is 0 Å². The van der Waals surface area contributed by atoms with E-state index in [9.17, 15) is 0 Å². The minimum absolute atomic E-state index is 0.424. The van der Waals surface area contributed by atoms with E-state index >= 15 is 0 Å². The second-order valence-electron chi connectivity index (χ2n) is 1.17. The maximum absolute atomic E-state index is 4.84. The summed E-state index contributed by atoms with van der Waals surface area (Å²) in [4.78, 5) is 0. The fraction of sp³-hybridized carbons (Fsp3) is 1.00. The van der Waals surface area contributed by atoms with E-state index in [2.05, 4.69) is 0 Å². The third-order valence-corrected chi connectivity index (χ3v) is 1.58. The topological polar surface area (TPSA) is 9.23 Å². The first-order valence-electron chi connectivity index (χ1n) is 1.59. The third kappa shape index (κ3) is 4.76. The van der Waals surface area contributed by atoms with Crippen molar-refractivity contribution in [3.63, 3.8) is 0 Å². The van der Waals surface area contributed by atoms with Crippen molar-refractivity contribution in [2.75, 3.05) is 0 Å². The molecule has 0 unspecified atom stereocenters. The second kappa shape index (κ2) is 2.97. The van der Waals surface area contributed by atoms with Gasteiger partial charge in [-0.3, -0.25) is 0 Å². The van der Waals surface area contributed by atoms with Gasteiger partial charge in [-0.25, -0.2) is 0 Å². The molecule has 0 aromatic rings. The van der Waals surface area contributed by atoms with Gasteiger partial charge in [0.25, 0.3) is 0 Å². The number of hydrogen-bond donors (Lipinski definition) is 0. The zero-order chi connectivity index (χ0) is 4.28. The standard InChI is InChI=1S/C3H7O.Sn/c1-3(2)4;/h3H,1-2H3;/q-1;+2. The van der Waals surface area contributed by atoms with Crippen LogP contribution in [0.4, 0.5) is 0 Å². The van der Waals surface area contributed by atoms with Crippen molar-refractivity contribution in [2.24, 2.45) is 0 Å². The Balaban J connectivity index is 2.54. The summed E-state index contributed by atoms with van der Waals surface area (Å²) >= 11 is 1.16. The van der Waals surface area contributed by atoms with E-state index in [4.69, 9.17) is 3.07 Å². The molecular weight excluding hydrogens is 171 g/mol. The van der Waals surface area contributed by atoms with E-state index in [1.807, 2.05) is 13.8 Å². The van der Waals surface area contributed by atoms with Gasteiger partial charge in [0.15, 0.2) is 0 Å². The molecule has 0 aromatic heterocycles. The molecule has 28 valence electrons. The molecule has 0 heterocycles. The van der Waals surface area contributed by atoms with Crippen molar-refractivity contribution >= 4 is 22.9 Å². The van der Waals surface area contributed by atoms with E-state index in [1.165, 1.54) is 0 Å². The average Bonchev–Trinajstić information content (AvgIpc) is 1.38. The molecule has 0 rings (SSSR count). The van der Waals surface area contributed by atoms with Crippen LogP contribution in [0, 0.1) is 0 Å². The molecule has 0 aliphatic heterocycles. The van der Waals surface area contributed by atoms with E-state index in [1.54, 1.807) is 0 Å². The van der Waals surface area contributed by atoms with Crippen LogP contribution >= 0.6 is 0 Å². The van der Waals surface area contributed by atoms with Crippen molar-refractivity contribution in [2.45, 2.75) is 20.0 Å². The van der Waals surface area contributed by atoms with Gasteiger partial charge in [0.05, 0.1) is 0 Å². The Morgan fingerprint density at radius 3 is 1.80 bits per heavy atom. The first-order valence-corrected chi connectivity index (χ1v) is 2.76. The number of rotatable bonds is 1. The molecule has 0 aliphatic carbocycles. The van der Waals surface area contributed by atoms with E-state index < -0.39 is 0 Å². The van der Waals surface area contributed by atoms with Gasteiger partial charge in [0, 0.05) is 0 Å². The van der Waals surface area contributed by atoms with E-state index in [-0.39, 0.29) is 0 Å². The van der Waals surface area contributed by atoms with Crippen molar-refractivity contribution in [3.05, 3.63) is 0 Å². The van der Waals surface area contributed by atoms with Crippen LogP contribution in [0.5, 0.6) is 0 Å². The summed E-state index contributed by atoms with van der Waals surface area (Å²) < 4.78 is 4.84. The Morgan fingerprint density at radius 1 is 1.60 bits per heavy atom. The molecule has 0 saturated carbocycles. The minimum atomic E-state index is 0.424. The van der Waals surface area contributed by atoms with Crippen LogP contribution in [0.25, 0.3) is 0 Å². The molecule has 1 nitrogen and oxygen atoms in total. The Kier molecular flexibility index (Phi) is 3.42. The predicted molar refractivity (Wildman–Crippen MR) is 22.0 cm³/mol.